The van der Waals surface area contributed by atoms with Gasteiger partial charge in [0, 0.05) is 0 Å². The van der Waals surface area contributed by atoms with Crippen molar-refractivity contribution >= 4 is 0 Å². The molecule has 15 heavy (non-hydrogen) atoms. The number of rotatable bonds is 4. The van der Waals surface area contributed by atoms with Gasteiger partial charge in [0.25, 0.3) is 0 Å². The Morgan fingerprint density at radius 2 is 2.00 bits per heavy atom. The Morgan fingerprint density at radius 3 is 2.53 bits per heavy atom. The first-order chi connectivity index (χ1) is 7.29. The van der Waals surface area contributed by atoms with Gasteiger partial charge >= 0.3 is 0 Å². The minimum atomic E-state index is -0.583. The van der Waals surface area contributed by atoms with Gasteiger partial charge in [-0.25, -0.2) is 0 Å². The molecule has 0 fully saturated rings. The summed E-state index contributed by atoms with van der Waals surface area (Å²) >= 11 is 0. The van der Waals surface area contributed by atoms with Gasteiger partial charge in [-0.3, -0.25) is 0 Å². The average molecular weight is 200 g/mol. The van der Waals surface area contributed by atoms with Crippen molar-refractivity contribution in [1.29, 1.82) is 0 Å². The van der Waals surface area contributed by atoms with Gasteiger partial charge in [-0.15, -0.1) is 0 Å². The molecule has 0 aromatic heterocycles. The summed E-state index contributed by atoms with van der Waals surface area (Å²) in [6.45, 7) is 5.56. The van der Waals surface area contributed by atoms with E-state index in [4.69, 9.17) is 0 Å². The lowest BCUT2D eigenvalue weighted by molar-refractivity contribution is 0.219. The average Bonchev–Trinajstić information content (AvgIpc) is 2.29. The van der Waals surface area contributed by atoms with Gasteiger partial charge in [0.05, 0.1) is 0 Å². The first-order valence-corrected chi connectivity index (χ1v) is 4.98. The lowest BCUT2D eigenvalue weighted by Crippen LogP contribution is -1.99. The molecule has 0 saturated heterocycles. The van der Waals surface area contributed by atoms with E-state index in [-0.39, 0.29) is 0 Å². The Labute approximate surface area is 91.1 Å². The van der Waals surface area contributed by atoms with Crippen LogP contribution in [0.15, 0.2) is 66.8 Å². The molecule has 0 aliphatic heterocycles. The van der Waals surface area contributed by atoms with E-state index in [1.165, 1.54) is 0 Å². The van der Waals surface area contributed by atoms with Crippen LogP contribution in [0.2, 0.25) is 0 Å². The second kappa shape index (κ2) is 5.99. The van der Waals surface area contributed by atoms with Crippen LogP contribution in [0.4, 0.5) is 0 Å². The van der Waals surface area contributed by atoms with Gasteiger partial charge in [-0.05, 0) is 18.1 Å². The summed E-state index contributed by atoms with van der Waals surface area (Å²) in [7, 11) is 0. The van der Waals surface area contributed by atoms with Gasteiger partial charge in [0.2, 0.25) is 0 Å². The van der Waals surface area contributed by atoms with Crippen molar-refractivity contribution in [2.75, 3.05) is 0 Å². The molecule has 1 unspecified atom stereocenters. The van der Waals surface area contributed by atoms with Crippen molar-refractivity contribution < 1.29 is 5.11 Å². The number of hydrogen-bond donors (Lipinski definition) is 1. The lowest BCUT2D eigenvalue weighted by atomic mass is 10.0. The maximum absolute atomic E-state index is 10.1. The van der Waals surface area contributed by atoms with Crippen LogP contribution in [0.3, 0.4) is 0 Å². The predicted octanol–water partition coefficient (Wildman–Crippen LogP) is 3.41. The number of benzene rings is 1. The summed E-state index contributed by atoms with van der Waals surface area (Å²) in [5.74, 6) is 0. The highest BCUT2D eigenvalue weighted by Gasteiger charge is 2.09. The van der Waals surface area contributed by atoms with Crippen molar-refractivity contribution in [2.24, 2.45) is 0 Å². The fourth-order valence-corrected chi connectivity index (χ4v) is 1.39. The zero-order valence-corrected chi connectivity index (χ0v) is 8.93. The molecule has 0 spiro atoms. The monoisotopic (exact) mass is 200 g/mol. The molecule has 78 valence electrons. The molecule has 1 N–H and O–H groups in total. The van der Waals surface area contributed by atoms with Gasteiger partial charge in [-0.1, -0.05) is 61.2 Å². The molecule has 0 aliphatic rings. The van der Waals surface area contributed by atoms with E-state index < -0.39 is 6.10 Å². The summed E-state index contributed by atoms with van der Waals surface area (Å²) in [4.78, 5) is 0. The highest BCUT2D eigenvalue weighted by atomic mass is 16.3. The second-order valence-corrected chi connectivity index (χ2v) is 3.22. The van der Waals surface area contributed by atoms with E-state index in [0.29, 0.717) is 0 Å². The predicted molar refractivity (Wildman–Crippen MR) is 64.5 cm³/mol. The van der Waals surface area contributed by atoms with Crippen LogP contribution in [0.5, 0.6) is 0 Å². The van der Waals surface area contributed by atoms with E-state index in [1.807, 2.05) is 55.5 Å². The smallest absolute Gasteiger partial charge is 0.104 e. The molecule has 1 heteroatoms. The van der Waals surface area contributed by atoms with E-state index in [1.54, 1.807) is 6.08 Å². The van der Waals surface area contributed by atoms with Gasteiger partial charge in [-0.2, -0.15) is 0 Å². The molecule has 0 bridgehead atoms. The number of hydrogen-bond acceptors (Lipinski definition) is 1. The van der Waals surface area contributed by atoms with E-state index >= 15 is 0 Å². The van der Waals surface area contributed by atoms with Crippen LogP contribution in [0.1, 0.15) is 18.6 Å². The molecule has 0 radical (unpaired) electrons. The molecule has 1 aromatic carbocycles. The van der Waals surface area contributed by atoms with Crippen LogP contribution in [-0.4, -0.2) is 5.11 Å². The van der Waals surface area contributed by atoms with E-state index in [2.05, 4.69) is 6.58 Å². The molecular weight excluding hydrogens is 184 g/mol. The molecule has 0 heterocycles. The molecular formula is C14H16O. The number of aliphatic hydroxyl groups is 1. The quantitative estimate of drug-likeness (QED) is 0.738. The van der Waals surface area contributed by atoms with Crippen molar-refractivity contribution in [2.45, 2.75) is 13.0 Å². The van der Waals surface area contributed by atoms with Crippen molar-refractivity contribution in [3.63, 3.8) is 0 Å². The maximum atomic E-state index is 10.1. The SMILES string of the molecule is C=C/C=C(\C=C/C)C(O)c1ccccc1. The summed E-state index contributed by atoms with van der Waals surface area (Å²) in [6, 6.07) is 9.58. The summed E-state index contributed by atoms with van der Waals surface area (Å²) in [6.07, 6.45) is 6.71. The zero-order valence-electron chi connectivity index (χ0n) is 8.93. The number of aliphatic hydroxyl groups excluding tert-OH is 1. The zero-order chi connectivity index (χ0) is 11.1. The molecule has 1 aromatic rings. The van der Waals surface area contributed by atoms with E-state index in [9.17, 15) is 5.11 Å². The third kappa shape index (κ3) is 3.22. The molecule has 0 amide bonds. The second-order valence-electron chi connectivity index (χ2n) is 3.22. The van der Waals surface area contributed by atoms with Crippen LogP contribution in [0, 0.1) is 0 Å². The Bertz CT molecular complexity index is 360. The summed E-state index contributed by atoms with van der Waals surface area (Å²) in [5, 5.41) is 10.1. The molecule has 0 saturated carbocycles. The normalized spacial score (nSPS) is 14.1. The molecule has 1 nitrogen and oxygen atoms in total. The highest BCUT2D eigenvalue weighted by Crippen LogP contribution is 2.22. The topological polar surface area (TPSA) is 20.2 Å². The standard InChI is InChI=1S/C14H16O/c1-3-8-12(9-4-2)14(15)13-10-6-5-7-11-13/h3-11,14-15H,1H2,2H3/b9-4-,12-8+. The first kappa shape index (κ1) is 11.5. The van der Waals surface area contributed by atoms with Crippen LogP contribution < -0.4 is 0 Å². The van der Waals surface area contributed by atoms with Crippen LogP contribution >= 0.6 is 0 Å². The van der Waals surface area contributed by atoms with Crippen molar-refractivity contribution in [3.05, 3.63) is 72.4 Å². The van der Waals surface area contributed by atoms with Crippen LogP contribution in [0.25, 0.3) is 0 Å². The van der Waals surface area contributed by atoms with Gasteiger partial charge in [0.15, 0.2) is 0 Å². The van der Waals surface area contributed by atoms with Gasteiger partial charge in [0.1, 0.15) is 6.10 Å². The fourth-order valence-electron chi connectivity index (χ4n) is 1.39. The van der Waals surface area contributed by atoms with Crippen molar-refractivity contribution in [1.82, 2.24) is 0 Å². The van der Waals surface area contributed by atoms with E-state index in [0.717, 1.165) is 11.1 Å². The minimum absolute atomic E-state index is 0.583. The summed E-state index contributed by atoms with van der Waals surface area (Å²) in [5.41, 5.74) is 1.74. The Kier molecular flexibility index (Phi) is 4.58. The largest absolute Gasteiger partial charge is 0.384 e. The lowest BCUT2D eigenvalue weighted by Gasteiger charge is -2.11. The third-order valence-corrected chi connectivity index (χ3v) is 2.10. The summed E-state index contributed by atoms with van der Waals surface area (Å²) < 4.78 is 0. The molecule has 1 atom stereocenters. The third-order valence-electron chi connectivity index (χ3n) is 2.10. The Morgan fingerprint density at radius 1 is 1.33 bits per heavy atom. The number of allylic oxidation sites excluding steroid dienone is 3. The van der Waals surface area contributed by atoms with Crippen LogP contribution in [-0.2, 0) is 0 Å². The Hall–Kier alpha value is -1.60. The highest BCUT2D eigenvalue weighted by molar-refractivity contribution is 5.33. The Balaban J connectivity index is 2.96. The van der Waals surface area contributed by atoms with Gasteiger partial charge < -0.3 is 5.11 Å². The van der Waals surface area contributed by atoms with Crippen molar-refractivity contribution in [3.8, 4) is 0 Å². The maximum Gasteiger partial charge on any atom is 0.104 e. The first-order valence-electron chi connectivity index (χ1n) is 4.98. The minimum Gasteiger partial charge on any atom is -0.384 e. The molecule has 0 aliphatic carbocycles. The molecule has 1 rings (SSSR count). The fraction of sp³-hybridized carbons (Fsp3) is 0.143.